The molecule has 5 nitrogen and oxygen atoms in total. The van der Waals surface area contributed by atoms with Gasteiger partial charge in [0, 0.05) is 33.0 Å². The van der Waals surface area contributed by atoms with Crippen LogP contribution in [0.15, 0.2) is 4.99 Å². The fourth-order valence-electron chi connectivity index (χ4n) is 2.15. The van der Waals surface area contributed by atoms with Crippen molar-refractivity contribution in [1.29, 1.82) is 0 Å². The van der Waals surface area contributed by atoms with Gasteiger partial charge >= 0.3 is 0 Å². The monoisotopic (exact) mass is 223 g/mol. The summed E-state index contributed by atoms with van der Waals surface area (Å²) >= 11 is 0. The molecule has 88 valence electrons. The molecule has 0 aliphatic carbocycles. The van der Waals surface area contributed by atoms with Gasteiger partial charge in [-0.3, -0.25) is 9.59 Å². The van der Waals surface area contributed by atoms with Crippen molar-refractivity contribution in [2.24, 2.45) is 4.99 Å². The number of rotatable bonds is 2. The highest BCUT2D eigenvalue weighted by molar-refractivity contribution is 5.97. The van der Waals surface area contributed by atoms with E-state index in [1.54, 1.807) is 4.90 Å². The standard InChI is InChI=1S/C11H17N3O2/c1-13-6-2-4-9(13)12-10(15)8-14-7-3-5-11(14)16/h2-8H2,1H3/b12-9+. The smallest absolute Gasteiger partial charge is 0.266 e. The lowest BCUT2D eigenvalue weighted by Gasteiger charge is -2.14. The Balaban J connectivity index is 1.90. The number of hydrogen-bond acceptors (Lipinski definition) is 2. The number of likely N-dealkylation sites (tertiary alicyclic amines) is 2. The van der Waals surface area contributed by atoms with Crippen LogP contribution in [0.1, 0.15) is 25.7 Å². The van der Waals surface area contributed by atoms with Crippen molar-refractivity contribution in [1.82, 2.24) is 9.80 Å². The molecule has 2 rings (SSSR count). The topological polar surface area (TPSA) is 53.0 Å². The van der Waals surface area contributed by atoms with Crippen LogP contribution >= 0.6 is 0 Å². The van der Waals surface area contributed by atoms with Crippen molar-refractivity contribution < 1.29 is 9.59 Å². The largest absolute Gasteiger partial charge is 0.363 e. The molecule has 2 heterocycles. The van der Waals surface area contributed by atoms with Crippen molar-refractivity contribution >= 4 is 17.6 Å². The lowest BCUT2D eigenvalue weighted by molar-refractivity contribution is -0.131. The first kappa shape index (κ1) is 11.1. The van der Waals surface area contributed by atoms with Crippen LogP contribution in [0.2, 0.25) is 0 Å². The number of hydrogen-bond donors (Lipinski definition) is 0. The lowest BCUT2D eigenvalue weighted by Crippen LogP contribution is -2.31. The van der Waals surface area contributed by atoms with Crippen molar-refractivity contribution in [2.45, 2.75) is 25.7 Å². The summed E-state index contributed by atoms with van der Waals surface area (Å²) < 4.78 is 0. The fourth-order valence-corrected chi connectivity index (χ4v) is 2.15. The van der Waals surface area contributed by atoms with Gasteiger partial charge in [-0.2, -0.15) is 4.99 Å². The molecule has 2 aliphatic heterocycles. The van der Waals surface area contributed by atoms with Crippen LogP contribution in [0.4, 0.5) is 0 Å². The Labute approximate surface area is 95.1 Å². The predicted molar refractivity (Wildman–Crippen MR) is 60.1 cm³/mol. The second-order valence-corrected chi connectivity index (χ2v) is 4.37. The third kappa shape index (κ3) is 2.40. The second kappa shape index (κ2) is 4.63. The van der Waals surface area contributed by atoms with E-state index in [-0.39, 0.29) is 18.4 Å². The maximum atomic E-state index is 11.6. The molecular weight excluding hydrogens is 206 g/mol. The summed E-state index contributed by atoms with van der Waals surface area (Å²) in [6.07, 6.45) is 3.37. The van der Waals surface area contributed by atoms with Gasteiger partial charge in [-0.1, -0.05) is 0 Å². The zero-order valence-electron chi connectivity index (χ0n) is 9.61. The minimum Gasteiger partial charge on any atom is -0.363 e. The minimum atomic E-state index is -0.195. The average Bonchev–Trinajstić information content (AvgIpc) is 2.79. The highest BCUT2D eigenvalue weighted by Gasteiger charge is 2.23. The summed E-state index contributed by atoms with van der Waals surface area (Å²) in [7, 11) is 1.94. The van der Waals surface area contributed by atoms with Gasteiger partial charge in [0.15, 0.2) is 0 Å². The molecule has 2 amide bonds. The van der Waals surface area contributed by atoms with E-state index in [1.807, 2.05) is 11.9 Å². The van der Waals surface area contributed by atoms with E-state index in [1.165, 1.54) is 0 Å². The van der Waals surface area contributed by atoms with E-state index in [4.69, 9.17) is 0 Å². The van der Waals surface area contributed by atoms with Crippen LogP contribution in [0.25, 0.3) is 0 Å². The van der Waals surface area contributed by atoms with Crippen molar-refractivity contribution in [3.8, 4) is 0 Å². The summed E-state index contributed by atoms with van der Waals surface area (Å²) in [6, 6.07) is 0. The molecule has 0 atom stereocenters. The Bertz CT molecular complexity index is 338. The Kier molecular flexibility index (Phi) is 3.22. The molecule has 2 fully saturated rings. The lowest BCUT2D eigenvalue weighted by atomic mass is 10.4. The Hall–Kier alpha value is -1.39. The van der Waals surface area contributed by atoms with Gasteiger partial charge in [-0.25, -0.2) is 0 Å². The molecule has 2 aliphatic rings. The van der Waals surface area contributed by atoms with E-state index in [9.17, 15) is 9.59 Å². The molecule has 0 N–H and O–H groups in total. The summed E-state index contributed by atoms with van der Waals surface area (Å²) in [5, 5.41) is 0. The van der Waals surface area contributed by atoms with Crippen LogP contribution in [-0.2, 0) is 9.59 Å². The van der Waals surface area contributed by atoms with Gasteiger partial charge in [0.25, 0.3) is 5.91 Å². The van der Waals surface area contributed by atoms with Crippen molar-refractivity contribution in [2.75, 3.05) is 26.7 Å². The quantitative estimate of drug-likeness (QED) is 0.674. The van der Waals surface area contributed by atoms with Crippen LogP contribution in [0.3, 0.4) is 0 Å². The summed E-state index contributed by atoms with van der Waals surface area (Å²) in [6.45, 7) is 1.82. The first-order valence-electron chi connectivity index (χ1n) is 5.76. The van der Waals surface area contributed by atoms with Gasteiger partial charge in [0.05, 0.1) is 0 Å². The molecule has 0 aromatic carbocycles. The molecular formula is C11H17N3O2. The molecule has 0 saturated carbocycles. The first-order valence-corrected chi connectivity index (χ1v) is 5.76. The Morgan fingerprint density at radius 2 is 2.06 bits per heavy atom. The number of carbonyl (C=O) groups excluding carboxylic acids is 2. The van der Waals surface area contributed by atoms with Gasteiger partial charge in [0.2, 0.25) is 5.91 Å². The number of carbonyl (C=O) groups is 2. The zero-order valence-corrected chi connectivity index (χ0v) is 9.61. The normalized spacial score (nSPS) is 23.6. The molecule has 0 aromatic heterocycles. The summed E-state index contributed by atoms with van der Waals surface area (Å²) in [5.41, 5.74) is 0. The molecule has 0 bridgehead atoms. The molecule has 0 unspecified atom stereocenters. The highest BCUT2D eigenvalue weighted by atomic mass is 16.2. The van der Waals surface area contributed by atoms with Crippen LogP contribution in [-0.4, -0.2) is 54.1 Å². The van der Waals surface area contributed by atoms with E-state index in [0.717, 1.165) is 31.6 Å². The van der Waals surface area contributed by atoms with Gasteiger partial charge in [0.1, 0.15) is 12.4 Å². The van der Waals surface area contributed by atoms with Crippen LogP contribution < -0.4 is 0 Å². The van der Waals surface area contributed by atoms with Crippen LogP contribution in [0, 0.1) is 0 Å². The third-order valence-electron chi connectivity index (χ3n) is 3.09. The maximum absolute atomic E-state index is 11.6. The van der Waals surface area contributed by atoms with Crippen molar-refractivity contribution in [3.63, 3.8) is 0 Å². The van der Waals surface area contributed by atoms with E-state index in [0.29, 0.717) is 13.0 Å². The first-order chi connectivity index (χ1) is 7.66. The number of amidine groups is 1. The van der Waals surface area contributed by atoms with Gasteiger partial charge < -0.3 is 9.80 Å². The van der Waals surface area contributed by atoms with Crippen LogP contribution in [0.5, 0.6) is 0 Å². The van der Waals surface area contributed by atoms with E-state index in [2.05, 4.69) is 4.99 Å². The number of aliphatic imine (C=N–C) groups is 1. The summed E-state index contributed by atoms with van der Waals surface area (Å²) in [4.78, 5) is 30.6. The zero-order chi connectivity index (χ0) is 11.5. The Morgan fingerprint density at radius 1 is 1.31 bits per heavy atom. The van der Waals surface area contributed by atoms with Crippen molar-refractivity contribution in [3.05, 3.63) is 0 Å². The molecule has 16 heavy (non-hydrogen) atoms. The molecule has 0 aromatic rings. The SMILES string of the molecule is CN1CCC/C1=N\C(=O)CN1CCCC1=O. The maximum Gasteiger partial charge on any atom is 0.266 e. The fraction of sp³-hybridized carbons (Fsp3) is 0.727. The average molecular weight is 223 g/mol. The molecule has 2 saturated heterocycles. The molecule has 0 spiro atoms. The van der Waals surface area contributed by atoms with E-state index < -0.39 is 0 Å². The third-order valence-corrected chi connectivity index (χ3v) is 3.09. The highest BCUT2D eigenvalue weighted by Crippen LogP contribution is 2.11. The Morgan fingerprint density at radius 3 is 2.62 bits per heavy atom. The van der Waals surface area contributed by atoms with E-state index >= 15 is 0 Å². The van der Waals surface area contributed by atoms with Gasteiger partial charge in [-0.05, 0) is 12.8 Å². The summed E-state index contributed by atoms with van der Waals surface area (Å²) in [5.74, 6) is 0.740. The molecule has 0 radical (unpaired) electrons. The van der Waals surface area contributed by atoms with Gasteiger partial charge in [-0.15, -0.1) is 0 Å². The number of nitrogens with zero attached hydrogens (tertiary/aromatic N) is 3. The predicted octanol–water partition coefficient (Wildman–Crippen LogP) is 0.259. The minimum absolute atomic E-state index is 0.0772. The second-order valence-electron chi connectivity index (χ2n) is 4.37. The molecule has 5 heteroatoms. The number of amides is 2.